The molecule has 0 atom stereocenters. The van der Waals surface area contributed by atoms with E-state index in [0.717, 1.165) is 34.8 Å². The van der Waals surface area contributed by atoms with Gasteiger partial charge in [-0.25, -0.2) is 9.50 Å². The molecule has 3 heterocycles. The zero-order chi connectivity index (χ0) is 22.3. The summed E-state index contributed by atoms with van der Waals surface area (Å²) in [4.78, 5) is 27.4. The Morgan fingerprint density at radius 1 is 1.29 bits per heavy atom. The maximum absolute atomic E-state index is 13.2. The zero-order valence-corrected chi connectivity index (χ0v) is 16.8. The SMILES string of the molecule is O=C(O)CNC(=O)c1c(O)cc(Sc2cccc3c(C(F)(F)F)csc23)n2ncnc12. The number of carboxylic acid groups (broad SMARTS) is 1. The number of aromatic hydroxyl groups is 1. The summed E-state index contributed by atoms with van der Waals surface area (Å²) in [6, 6.07) is 5.74. The van der Waals surface area contributed by atoms with Gasteiger partial charge in [0.05, 0.1) is 5.56 Å². The first kappa shape index (κ1) is 20.9. The first-order valence-electron chi connectivity index (χ1n) is 8.47. The molecule has 0 radical (unpaired) electrons. The van der Waals surface area contributed by atoms with Gasteiger partial charge >= 0.3 is 12.1 Å². The van der Waals surface area contributed by atoms with Crippen molar-refractivity contribution in [2.45, 2.75) is 16.1 Å². The van der Waals surface area contributed by atoms with E-state index in [9.17, 15) is 27.9 Å². The number of amides is 1. The summed E-state index contributed by atoms with van der Waals surface area (Å²) >= 11 is 1.99. The van der Waals surface area contributed by atoms with Crippen molar-refractivity contribution in [3.63, 3.8) is 0 Å². The average molecular weight is 468 g/mol. The summed E-state index contributed by atoms with van der Waals surface area (Å²) in [7, 11) is 0. The fourth-order valence-corrected chi connectivity index (χ4v) is 5.14. The first-order valence-corrected chi connectivity index (χ1v) is 10.2. The van der Waals surface area contributed by atoms with Gasteiger partial charge in [0.1, 0.15) is 29.2 Å². The maximum Gasteiger partial charge on any atom is 0.417 e. The largest absolute Gasteiger partial charge is 0.507 e. The third-order valence-electron chi connectivity index (χ3n) is 4.21. The standard InChI is InChI=1S/C18H11F3N4O4S2/c19-18(20,21)9-6-30-15-8(9)2-1-3-11(15)31-12-4-10(26)14(16-23-7-24-25(12)16)17(29)22-5-13(27)28/h1-4,6-7,26H,5H2,(H,22,29)(H,27,28). The molecule has 3 N–H and O–H groups in total. The van der Waals surface area contributed by atoms with E-state index in [2.05, 4.69) is 15.4 Å². The van der Waals surface area contributed by atoms with Crippen molar-refractivity contribution < 1.29 is 33.0 Å². The average Bonchev–Trinajstić information content (AvgIpc) is 3.33. The smallest absolute Gasteiger partial charge is 0.417 e. The van der Waals surface area contributed by atoms with Gasteiger partial charge in [-0.05, 0) is 6.07 Å². The van der Waals surface area contributed by atoms with E-state index in [4.69, 9.17) is 5.11 Å². The lowest BCUT2D eigenvalue weighted by atomic mass is 10.2. The molecule has 0 fully saturated rings. The Balaban J connectivity index is 1.77. The van der Waals surface area contributed by atoms with Crippen LogP contribution in [0, 0.1) is 0 Å². The van der Waals surface area contributed by atoms with E-state index in [-0.39, 0.29) is 16.6 Å². The van der Waals surface area contributed by atoms with Crippen LogP contribution in [0.3, 0.4) is 0 Å². The summed E-state index contributed by atoms with van der Waals surface area (Å²) in [5.41, 5.74) is -1.02. The number of carbonyl (C=O) groups is 2. The summed E-state index contributed by atoms with van der Waals surface area (Å²) < 4.78 is 41.4. The zero-order valence-electron chi connectivity index (χ0n) is 15.2. The molecule has 4 rings (SSSR count). The first-order chi connectivity index (χ1) is 14.7. The lowest BCUT2D eigenvalue weighted by Crippen LogP contribution is -2.29. The lowest BCUT2D eigenvalue weighted by Gasteiger charge is -2.11. The molecule has 3 aromatic heterocycles. The van der Waals surface area contributed by atoms with E-state index >= 15 is 0 Å². The fourth-order valence-electron chi connectivity index (χ4n) is 2.92. The van der Waals surface area contributed by atoms with Crippen molar-refractivity contribution in [3.8, 4) is 5.75 Å². The number of alkyl halides is 3. The third kappa shape index (κ3) is 3.88. The number of hydrogen-bond donors (Lipinski definition) is 3. The van der Waals surface area contributed by atoms with Crippen LogP contribution in [0.4, 0.5) is 13.2 Å². The number of carbonyl (C=O) groups excluding carboxylic acids is 1. The second-order valence-corrected chi connectivity index (χ2v) is 8.14. The molecule has 0 aliphatic heterocycles. The number of nitrogens with zero attached hydrogens (tertiary/aromatic N) is 3. The molecule has 0 bridgehead atoms. The summed E-state index contributed by atoms with van der Waals surface area (Å²) in [6.45, 7) is -0.656. The van der Waals surface area contributed by atoms with E-state index in [1.807, 2.05) is 0 Å². The number of hydrogen-bond acceptors (Lipinski definition) is 7. The quantitative estimate of drug-likeness (QED) is 0.410. The van der Waals surface area contributed by atoms with Crippen LogP contribution in [0.1, 0.15) is 15.9 Å². The second-order valence-electron chi connectivity index (χ2n) is 6.20. The van der Waals surface area contributed by atoms with Gasteiger partial charge in [0.15, 0.2) is 5.65 Å². The molecule has 4 aromatic rings. The van der Waals surface area contributed by atoms with Crippen molar-refractivity contribution in [2.75, 3.05) is 6.54 Å². The van der Waals surface area contributed by atoms with E-state index in [0.29, 0.717) is 14.6 Å². The van der Waals surface area contributed by atoms with Gasteiger partial charge in [-0.15, -0.1) is 11.3 Å². The molecule has 1 amide bonds. The highest BCUT2D eigenvalue weighted by molar-refractivity contribution is 7.99. The number of thiophene rings is 1. The van der Waals surface area contributed by atoms with Gasteiger partial charge in [0.25, 0.3) is 5.91 Å². The Hall–Kier alpha value is -3.32. The van der Waals surface area contributed by atoms with Crippen molar-refractivity contribution in [2.24, 2.45) is 0 Å². The number of halogens is 3. The molecule has 0 saturated carbocycles. The molecule has 0 aliphatic carbocycles. The number of rotatable bonds is 5. The third-order valence-corrected chi connectivity index (χ3v) is 6.43. The molecule has 0 aliphatic rings. The van der Waals surface area contributed by atoms with Gasteiger partial charge in [-0.2, -0.15) is 18.3 Å². The van der Waals surface area contributed by atoms with Gasteiger partial charge in [0, 0.05) is 26.4 Å². The molecule has 0 saturated heterocycles. The summed E-state index contributed by atoms with van der Waals surface area (Å²) in [5, 5.41) is 26.7. The number of benzene rings is 1. The highest BCUT2D eigenvalue weighted by atomic mass is 32.2. The summed E-state index contributed by atoms with van der Waals surface area (Å²) in [5.74, 6) is -2.59. The molecule has 8 nitrogen and oxygen atoms in total. The fraction of sp³-hybridized carbons (Fsp3) is 0.111. The number of pyridine rings is 1. The van der Waals surface area contributed by atoms with Crippen molar-refractivity contribution >= 4 is 50.7 Å². The molecule has 0 unspecified atom stereocenters. The van der Waals surface area contributed by atoms with Crippen molar-refractivity contribution in [1.29, 1.82) is 0 Å². The number of aromatic nitrogens is 3. The van der Waals surface area contributed by atoms with Crippen LogP contribution < -0.4 is 5.32 Å². The topological polar surface area (TPSA) is 117 Å². The number of carboxylic acids is 1. The summed E-state index contributed by atoms with van der Waals surface area (Å²) in [6.07, 6.45) is -3.34. The maximum atomic E-state index is 13.2. The molecule has 13 heteroatoms. The molecular weight excluding hydrogens is 457 g/mol. The second kappa shape index (κ2) is 7.74. The Labute approximate surface area is 179 Å². The highest BCUT2D eigenvalue weighted by Crippen LogP contribution is 2.43. The predicted molar refractivity (Wildman–Crippen MR) is 106 cm³/mol. The number of nitrogens with one attached hydrogen (secondary N) is 1. The number of aliphatic carboxylic acids is 1. The van der Waals surface area contributed by atoms with Gasteiger partial charge in [0.2, 0.25) is 0 Å². The molecular formula is C18H11F3N4O4S2. The molecule has 0 spiro atoms. The van der Waals surface area contributed by atoms with Crippen LogP contribution in [0.15, 0.2) is 45.9 Å². The van der Waals surface area contributed by atoms with E-state index in [1.54, 1.807) is 6.07 Å². The molecule has 160 valence electrons. The molecule has 1 aromatic carbocycles. The predicted octanol–water partition coefficient (Wildman–Crippen LogP) is 3.63. The van der Waals surface area contributed by atoms with Crippen LogP contribution in [0.5, 0.6) is 5.75 Å². The monoisotopic (exact) mass is 468 g/mol. The minimum atomic E-state index is -4.48. The number of fused-ring (bicyclic) bond motifs is 2. The lowest BCUT2D eigenvalue weighted by molar-refractivity contribution is -0.136. The van der Waals surface area contributed by atoms with Gasteiger partial charge in [-0.3, -0.25) is 9.59 Å². The van der Waals surface area contributed by atoms with Crippen LogP contribution in [0.2, 0.25) is 0 Å². The Kier molecular flexibility index (Phi) is 5.23. The normalized spacial score (nSPS) is 11.8. The van der Waals surface area contributed by atoms with Crippen LogP contribution >= 0.6 is 23.1 Å². The van der Waals surface area contributed by atoms with Crippen LogP contribution in [-0.4, -0.2) is 43.2 Å². The van der Waals surface area contributed by atoms with Crippen molar-refractivity contribution in [3.05, 3.63) is 47.1 Å². The van der Waals surface area contributed by atoms with E-state index < -0.39 is 35.9 Å². The van der Waals surface area contributed by atoms with Crippen LogP contribution in [0.25, 0.3) is 15.7 Å². The van der Waals surface area contributed by atoms with Gasteiger partial charge in [-0.1, -0.05) is 23.9 Å². The van der Waals surface area contributed by atoms with Crippen molar-refractivity contribution in [1.82, 2.24) is 19.9 Å². The molecule has 31 heavy (non-hydrogen) atoms. The highest BCUT2D eigenvalue weighted by Gasteiger charge is 2.34. The van der Waals surface area contributed by atoms with Crippen LogP contribution in [-0.2, 0) is 11.0 Å². The van der Waals surface area contributed by atoms with E-state index in [1.165, 1.54) is 22.7 Å². The minimum Gasteiger partial charge on any atom is -0.507 e. The van der Waals surface area contributed by atoms with Gasteiger partial charge < -0.3 is 15.5 Å². The Bertz CT molecular complexity index is 1330. The Morgan fingerprint density at radius 3 is 2.77 bits per heavy atom. The Morgan fingerprint density at radius 2 is 2.06 bits per heavy atom. The minimum absolute atomic E-state index is 0.0280.